The van der Waals surface area contributed by atoms with Gasteiger partial charge in [-0.05, 0) is 140 Å². The van der Waals surface area contributed by atoms with Crippen molar-refractivity contribution in [1.29, 1.82) is 0 Å². The summed E-state index contributed by atoms with van der Waals surface area (Å²) in [4.78, 5) is 12.7. The summed E-state index contributed by atoms with van der Waals surface area (Å²) in [7, 11) is 0. The summed E-state index contributed by atoms with van der Waals surface area (Å²) in [6.07, 6.45) is 17.0. The number of fused-ring (bicyclic) bond motifs is 8. The molecule has 1 aliphatic heterocycles. The van der Waals surface area contributed by atoms with E-state index < -0.39 is 24.5 Å². The van der Waals surface area contributed by atoms with E-state index in [4.69, 9.17) is 10.5 Å². The van der Waals surface area contributed by atoms with Crippen LogP contribution in [0.5, 0.6) is 0 Å². The predicted molar refractivity (Wildman–Crippen MR) is 189 cm³/mol. The molecule has 8 heteroatoms. The van der Waals surface area contributed by atoms with E-state index in [1.165, 1.54) is 77.0 Å². The first-order chi connectivity index (χ1) is 22.7. The van der Waals surface area contributed by atoms with E-state index in [1.807, 2.05) is 0 Å². The number of nitrogens with two attached hydrogens (primary N) is 1. The van der Waals surface area contributed by atoms with Crippen LogP contribution in [0.1, 0.15) is 138 Å². The number of ether oxygens (including phenoxy) is 1. The van der Waals surface area contributed by atoms with Gasteiger partial charge in [-0.25, -0.2) is 15.0 Å². The van der Waals surface area contributed by atoms with Crippen LogP contribution >= 0.6 is 0 Å². The average molecular weight is 662 g/mol. The maximum Gasteiger partial charge on any atom is 0.167 e. The Morgan fingerprint density at radius 3 is 2.29 bits per heavy atom. The molecule has 6 unspecified atom stereocenters. The number of aliphatic hydroxyl groups is 2. The molecule has 0 spiro atoms. The summed E-state index contributed by atoms with van der Waals surface area (Å²) >= 11 is 0. The van der Waals surface area contributed by atoms with Gasteiger partial charge in [0.1, 0.15) is 24.1 Å². The lowest BCUT2D eigenvalue weighted by Crippen LogP contribution is -2.65. The van der Waals surface area contributed by atoms with Crippen molar-refractivity contribution in [3.63, 3.8) is 0 Å². The second kappa shape index (κ2) is 11.1. The molecule has 5 saturated carbocycles. The normalized spacial score (nSPS) is 48.8. The van der Waals surface area contributed by atoms with E-state index in [2.05, 4.69) is 63.4 Å². The molecule has 3 heterocycles. The quantitative estimate of drug-likeness (QED) is 0.298. The van der Waals surface area contributed by atoms with Gasteiger partial charge in [0.15, 0.2) is 17.7 Å². The monoisotopic (exact) mass is 661 g/mol. The van der Waals surface area contributed by atoms with Gasteiger partial charge in [0.2, 0.25) is 0 Å². The van der Waals surface area contributed by atoms with Gasteiger partial charge in [0.25, 0.3) is 0 Å². The molecule has 1 saturated heterocycles. The molecule has 2 aromatic rings. The van der Waals surface area contributed by atoms with E-state index in [0.29, 0.717) is 55.9 Å². The lowest BCUT2D eigenvalue weighted by Gasteiger charge is -2.73. The number of hydrogen-bond acceptors (Lipinski definition) is 7. The Morgan fingerprint density at radius 1 is 0.833 bits per heavy atom. The SMILES string of the molecule is CC(CC[C@H]1O[C@@H](n2cnc3c(N)ncnc32)[C@H](O)[C@@H]1O)C1CC[C@@]2(C)C1CC[C@]1(C)C2CCC2[C@@]3(C)CCCC(C)(C)C3CC[C@]21C. The number of aliphatic hydroxyl groups excluding tert-OH is 2. The van der Waals surface area contributed by atoms with Crippen molar-refractivity contribution in [3.8, 4) is 0 Å². The third kappa shape index (κ3) is 4.45. The van der Waals surface area contributed by atoms with Crippen LogP contribution in [0.3, 0.4) is 0 Å². The number of rotatable bonds is 5. The standard InChI is InChI=1S/C40H63N5O3/c1-23(9-10-26-31(46)32(47)35(48-26)45-22-44-30-33(41)42-21-43-34(30)45)24-13-18-37(4)25(24)14-19-39(6)28(37)11-12-29-38(5)17-8-16-36(2,3)27(38)15-20-40(29,39)7/h21-29,31-32,35,46-47H,8-20H2,1-7H3,(H2,41,42,43)/t23?,24?,25?,26-,27?,28?,29?,31-,32-,35-,37+,38+,39-,40-/m1/s1. The molecule has 8 nitrogen and oxygen atoms in total. The molecule has 6 aliphatic rings. The summed E-state index contributed by atoms with van der Waals surface area (Å²) in [6, 6.07) is 0. The summed E-state index contributed by atoms with van der Waals surface area (Å²) in [5, 5.41) is 22.1. The van der Waals surface area contributed by atoms with E-state index in [1.54, 1.807) is 10.9 Å². The van der Waals surface area contributed by atoms with Crippen molar-refractivity contribution in [1.82, 2.24) is 19.5 Å². The second-order valence-corrected chi connectivity index (χ2v) is 19.5. The number of nitrogens with zero attached hydrogens (tertiary/aromatic N) is 4. The fourth-order valence-electron chi connectivity index (χ4n) is 14.9. The summed E-state index contributed by atoms with van der Waals surface area (Å²) in [5.41, 5.74) is 9.25. The number of imidazole rings is 1. The Bertz CT molecular complexity index is 1540. The fraction of sp³-hybridized carbons (Fsp3) is 0.875. The predicted octanol–water partition coefficient (Wildman–Crippen LogP) is 7.94. The highest BCUT2D eigenvalue weighted by Crippen LogP contribution is 2.78. The summed E-state index contributed by atoms with van der Waals surface area (Å²) < 4.78 is 8.03. The van der Waals surface area contributed by atoms with Gasteiger partial charge in [-0.15, -0.1) is 0 Å². The second-order valence-electron chi connectivity index (χ2n) is 19.5. The van der Waals surface area contributed by atoms with Crippen molar-refractivity contribution in [2.75, 3.05) is 5.73 Å². The third-order valence-electron chi connectivity index (χ3n) is 17.4. The molecule has 4 N–H and O–H groups in total. The Labute approximate surface area is 288 Å². The first-order valence-electron chi connectivity index (χ1n) is 19.6. The number of hydrogen-bond donors (Lipinski definition) is 3. The molecule has 14 atom stereocenters. The summed E-state index contributed by atoms with van der Waals surface area (Å²) in [6.45, 7) is 18.6. The summed E-state index contributed by atoms with van der Waals surface area (Å²) in [5.74, 6) is 4.91. The maximum atomic E-state index is 11.1. The minimum absolute atomic E-state index is 0.292. The number of anilines is 1. The number of nitrogen functional groups attached to an aromatic ring is 1. The zero-order valence-electron chi connectivity index (χ0n) is 30.8. The van der Waals surface area contributed by atoms with Crippen molar-refractivity contribution in [2.45, 2.75) is 156 Å². The lowest BCUT2D eigenvalue weighted by atomic mass is 9.32. The molecule has 2 aromatic heterocycles. The first-order valence-corrected chi connectivity index (χ1v) is 19.6. The highest BCUT2D eigenvalue weighted by molar-refractivity contribution is 5.81. The Kier molecular flexibility index (Phi) is 7.73. The highest BCUT2D eigenvalue weighted by Gasteiger charge is 2.70. The molecule has 5 aliphatic carbocycles. The molecule has 0 amide bonds. The van der Waals surface area contributed by atoms with Crippen LogP contribution in [0.4, 0.5) is 5.82 Å². The molecule has 266 valence electrons. The topological polar surface area (TPSA) is 119 Å². The van der Waals surface area contributed by atoms with Crippen LogP contribution in [-0.4, -0.2) is 48.0 Å². The molecular weight excluding hydrogens is 598 g/mol. The van der Waals surface area contributed by atoms with E-state index in [-0.39, 0.29) is 0 Å². The van der Waals surface area contributed by atoms with Gasteiger partial charge >= 0.3 is 0 Å². The average Bonchev–Trinajstić information content (AvgIpc) is 3.70. The Balaban J connectivity index is 0.958. The minimum atomic E-state index is -1.06. The van der Waals surface area contributed by atoms with Gasteiger partial charge < -0.3 is 20.7 Å². The van der Waals surface area contributed by atoms with Gasteiger partial charge in [-0.1, -0.05) is 54.9 Å². The van der Waals surface area contributed by atoms with Gasteiger partial charge in [-0.3, -0.25) is 4.57 Å². The van der Waals surface area contributed by atoms with E-state index in [0.717, 1.165) is 36.5 Å². The van der Waals surface area contributed by atoms with Crippen LogP contribution < -0.4 is 5.73 Å². The van der Waals surface area contributed by atoms with Crippen LogP contribution in [0.15, 0.2) is 12.7 Å². The van der Waals surface area contributed by atoms with E-state index in [9.17, 15) is 10.2 Å². The molecule has 8 rings (SSSR count). The smallest absolute Gasteiger partial charge is 0.167 e. The van der Waals surface area contributed by atoms with Crippen molar-refractivity contribution in [3.05, 3.63) is 12.7 Å². The van der Waals surface area contributed by atoms with Crippen LogP contribution in [0, 0.1) is 62.6 Å². The first kappa shape index (κ1) is 33.4. The highest BCUT2D eigenvalue weighted by atomic mass is 16.6. The molecule has 0 aromatic carbocycles. The zero-order valence-corrected chi connectivity index (χ0v) is 30.8. The minimum Gasteiger partial charge on any atom is -0.388 e. The molecular formula is C40H63N5O3. The van der Waals surface area contributed by atoms with E-state index >= 15 is 0 Å². The molecule has 0 radical (unpaired) electrons. The molecule has 48 heavy (non-hydrogen) atoms. The third-order valence-corrected chi connectivity index (χ3v) is 17.4. The van der Waals surface area contributed by atoms with Crippen LogP contribution in [0.2, 0.25) is 0 Å². The van der Waals surface area contributed by atoms with Crippen LogP contribution in [-0.2, 0) is 4.74 Å². The van der Waals surface area contributed by atoms with Gasteiger partial charge in [0.05, 0.1) is 12.4 Å². The van der Waals surface area contributed by atoms with Crippen molar-refractivity contribution < 1.29 is 14.9 Å². The van der Waals surface area contributed by atoms with Crippen molar-refractivity contribution >= 4 is 17.0 Å². The molecule has 0 bridgehead atoms. The lowest BCUT2D eigenvalue weighted by molar-refractivity contribution is -0.241. The largest absolute Gasteiger partial charge is 0.388 e. The fourth-order valence-corrected chi connectivity index (χ4v) is 14.9. The zero-order chi connectivity index (χ0) is 34.0. The number of aromatic nitrogens is 4. The van der Waals surface area contributed by atoms with Crippen molar-refractivity contribution in [2.24, 2.45) is 62.6 Å². The Hall–Kier alpha value is -1.77. The van der Waals surface area contributed by atoms with Gasteiger partial charge in [-0.2, -0.15) is 0 Å². The maximum absolute atomic E-state index is 11.1. The molecule has 6 fully saturated rings. The van der Waals surface area contributed by atoms with Gasteiger partial charge in [0, 0.05) is 0 Å². The van der Waals surface area contributed by atoms with Crippen LogP contribution in [0.25, 0.3) is 11.2 Å². The Morgan fingerprint density at radius 2 is 1.54 bits per heavy atom.